The summed E-state index contributed by atoms with van der Waals surface area (Å²) >= 11 is 0. The molecule has 0 bridgehead atoms. The fraction of sp³-hybridized carbons (Fsp3) is 0.647. The third-order valence-corrected chi connectivity index (χ3v) is 4.18. The molecule has 1 aromatic carbocycles. The zero-order chi connectivity index (χ0) is 15.1. The quantitative estimate of drug-likeness (QED) is 0.783. The number of para-hydroxylation sites is 1. The zero-order valence-electron chi connectivity index (χ0n) is 13.4. The molecule has 0 aliphatic heterocycles. The molecule has 0 aromatic heterocycles. The highest BCUT2D eigenvalue weighted by Crippen LogP contribution is 2.36. The van der Waals surface area contributed by atoms with Gasteiger partial charge in [0.25, 0.3) is 0 Å². The molecule has 0 unspecified atom stereocenters. The Morgan fingerprint density at radius 2 is 1.67 bits per heavy atom. The molecule has 4 nitrogen and oxygen atoms in total. The van der Waals surface area contributed by atoms with Crippen LogP contribution in [0.4, 0.5) is 0 Å². The Hall–Kier alpha value is -1.42. The fourth-order valence-corrected chi connectivity index (χ4v) is 2.84. The van der Waals surface area contributed by atoms with E-state index in [4.69, 9.17) is 14.2 Å². The molecule has 1 aromatic rings. The van der Waals surface area contributed by atoms with E-state index in [2.05, 4.69) is 12.2 Å². The van der Waals surface area contributed by atoms with Crippen LogP contribution >= 0.6 is 0 Å². The zero-order valence-corrected chi connectivity index (χ0v) is 13.4. The van der Waals surface area contributed by atoms with Gasteiger partial charge in [-0.2, -0.15) is 0 Å². The summed E-state index contributed by atoms with van der Waals surface area (Å²) in [5.74, 6) is 2.99. The van der Waals surface area contributed by atoms with Crippen LogP contribution in [0.5, 0.6) is 17.2 Å². The van der Waals surface area contributed by atoms with Gasteiger partial charge in [0.1, 0.15) is 6.61 Å². The molecule has 0 radical (unpaired) electrons. The first-order chi connectivity index (χ1) is 10.2. The number of hydrogen-bond donors (Lipinski definition) is 1. The van der Waals surface area contributed by atoms with Crippen molar-refractivity contribution in [2.45, 2.75) is 38.6 Å². The molecule has 0 spiro atoms. The lowest BCUT2D eigenvalue weighted by atomic mass is 9.87. The summed E-state index contributed by atoms with van der Waals surface area (Å²) in [6.45, 7) is 3.80. The summed E-state index contributed by atoms with van der Waals surface area (Å²) in [5.41, 5.74) is 0. The summed E-state index contributed by atoms with van der Waals surface area (Å²) in [6, 6.07) is 6.30. The van der Waals surface area contributed by atoms with Gasteiger partial charge in [0.15, 0.2) is 11.5 Å². The fourth-order valence-electron chi connectivity index (χ4n) is 2.84. The number of hydrogen-bond acceptors (Lipinski definition) is 4. The lowest BCUT2D eigenvalue weighted by Crippen LogP contribution is -2.35. The molecule has 2 rings (SSSR count). The van der Waals surface area contributed by atoms with Crippen LogP contribution in [0.2, 0.25) is 0 Å². The number of methoxy groups -OCH3 is 2. The van der Waals surface area contributed by atoms with Gasteiger partial charge in [-0.3, -0.25) is 0 Å². The molecule has 1 fully saturated rings. The normalized spacial score (nSPS) is 21.9. The minimum atomic E-state index is 0.614. The summed E-state index contributed by atoms with van der Waals surface area (Å²) in [7, 11) is 3.28. The molecule has 0 saturated heterocycles. The smallest absolute Gasteiger partial charge is 0.203 e. The molecule has 1 N–H and O–H groups in total. The lowest BCUT2D eigenvalue weighted by Gasteiger charge is -2.27. The Labute approximate surface area is 127 Å². The van der Waals surface area contributed by atoms with Crippen molar-refractivity contribution in [3.8, 4) is 17.2 Å². The predicted octanol–water partition coefficient (Wildman–Crippen LogP) is 3.25. The Kier molecular flexibility index (Phi) is 6.18. The van der Waals surface area contributed by atoms with E-state index in [0.29, 0.717) is 29.9 Å². The maximum absolute atomic E-state index is 5.85. The van der Waals surface area contributed by atoms with Crippen LogP contribution in [-0.2, 0) is 0 Å². The average molecular weight is 293 g/mol. The maximum atomic E-state index is 5.85. The predicted molar refractivity (Wildman–Crippen MR) is 84.5 cm³/mol. The highest BCUT2D eigenvalue weighted by atomic mass is 16.5. The summed E-state index contributed by atoms with van der Waals surface area (Å²) < 4.78 is 16.5. The van der Waals surface area contributed by atoms with Gasteiger partial charge >= 0.3 is 0 Å². The van der Waals surface area contributed by atoms with Gasteiger partial charge < -0.3 is 19.5 Å². The third kappa shape index (κ3) is 4.53. The first-order valence-electron chi connectivity index (χ1n) is 7.81. The molecule has 0 atom stereocenters. The molecule has 1 aliphatic rings. The van der Waals surface area contributed by atoms with Gasteiger partial charge in [-0.15, -0.1) is 0 Å². The van der Waals surface area contributed by atoms with Crippen LogP contribution in [0, 0.1) is 5.92 Å². The number of ether oxygens (including phenoxy) is 3. The molecule has 21 heavy (non-hydrogen) atoms. The highest BCUT2D eigenvalue weighted by Gasteiger charge is 2.17. The summed E-state index contributed by atoms with van der Waals surface area (Å²) in [6.07, 6.45) is 5.22. The molecule has 0 amide bonds. The number of rotatable bonds is 7. The largest absolute Gasteiger partial charge is 0.493 e. The van der Waals surface area contributed by atoms with Gasteiger partial charge in [-0.05, 0) is 43.7 Å². The molecule has 0 heterocycles. The van der Waals surface area contributed by atoms with Gasteiger partial charge in [-0.1, -0.05) is 13.0 Å². The van der Waals surface area contributed by atoms with Crippen molar-refractivity contribution in [3.63, 3.8) is 0 Å². The SMILES string of the molecule is COc1cccc(OC)c1OCCNC1CCC(C)CC1. The van der Waals surface area contributed by atoms with Crippen LogP contribution in [0.1, 0.15) is 32.6 Å². The van der Waals surface area contributed by atoms with Crippen molar-refractivity contribution in [1.29, 1.82) is 0 Å². The van der Waals surface area contributed by atoms with Gasteiger partial charge in [-0.25, -0.2) is 0 Å². The van der Waals surface area contributed by atoms with E-state index in [0.717, 1.165) is 12.5 Å². The van der Waals surface area contributed by atoms with Crippen LogP contribution < -0.4 is 19.5 Å². The Morgan fingerprint density at radius 3 is 2.24 bits per heavy atom. The second kappa shape index (κ2) is 8.13. The summed E-state index contributed by atoms with van der Waals surface area (Å²) in [5, 5.41) is 3.58. The van der Waals surface area contributed by atoms with Crippen molar-refractivity contribution < 1.29 is 14.2 Å². The molecular weight excluding hydrogens is 266 g/mol. The average Bonchev–Trinajstić information content (AvgIpc) is 2.53. The monoisotopic (exact) mass is 293 g/mol. The van der Waals surface area contributed by atoms with Crippen LogP contribution in [-0.4, -0.2) is 33.4 Å². The molecule has 118 valence electrons. The minimum absolute atomic E-state index is 0.614. The van der Waals surface area contributed by atoms with Crippen molar-refractivity contribution in [2.75, 3.05) is 27.4 Å². The Balaban J connectivity index is 1.78. The topological polar surface area (TPSA) is 39.7 Å². The first-order valence-corrected chi connectivity index (χ1v) is 7.81. The first kappa shape index (κ1) is 16.0. The maximum Gasteiger partial charge on any atom is 0.203 e. The standard InChI is InChI=1S/C17H27NO3/c1-13-7-9-14(10-8-13)18-11-12-21-17-15(19-2)5-4-6-16(17)20-3/h4-6,13-14,18H,7-12H2,1-3H3. The third-order valence-electron chi connectivity index (χ3n) is 4.18. The minimum Gasteiger partial charge on any atom is -0.493 e. The van der Waals surface area contributed by atoms with E-state index >= 15 is 0 Å². The number of nitrogens with one attached hydrogen (secondary N) is 1. The second-order valence-corrected chi connectivity index (χ2v) is 5.75. The van der Waals surface area contributed by atoms with Crippen molar-refractivity contribution >= 4 is 0 Å². The van der Waals surface area contributed by atoms with Crippen LogP contribution in [0.25, 0.3) is 0 Å². The van der Waals surface area contributed by atoms with E-state index in [1.54, 1.807) is 14.2 Å². The Morgan fingerprint density at radius 1 is 1.05 bits per heavy atom. The van der Waals surface area contributed by atoms with Gasteiger partial charge in [0.2, 0.25) is 5.75 Å². The second-order valence-electron chi connectivity index (χ2n) is 5.75. The van der Waals surface area contributed by atoms with E-state index < -0.39 is 0 Å². The van der Waals surface area contributed by atoms with Crippen molar-refractivity contribution in [3.05, 3.63) is 18.2 Å². The highest BCUT2D eigenvalue weighted by molar-refractivity contribution is 5.51. The van der Waals surface area contributed by atoms with E-state index in [1.165, 1.54) is 25.7 Å². The molecule has 1 aliphatic carbocycles. The molecule has 1 saturated carbocycles. The van der Waals surface area contributed by atoms with Crippen molar-refractivity contribution in [1.82, 2.24) is 5.32 Å². The Bertz CT molecular complexity index is 406. The summed E-state index contributed by atoms with van der Waals surface area (Å²) in [4.78, 5) is 0. The van der Waals surface area contributed by atoms with Crippen molar-refractivity contribution in [2.24, 2.45) is 5.92 Å². The van der Waals surface area contributed by atoms with E-state index in [1.807, 2.05) is 18.2 Å². The number of benzene rings is 1. The molecule has 4 heteroatoms. The van der Waals surface area contributed by atoms with E-state index in [9.17, 15) is 0 Å². The van der Waals surface area contributed by atoms with Gasteiger partial charge in [0, 0.05) is 12.6 Å². The van der Waals surface area contributed by atoms with E-state index in [-0.39, 0.29) is 0 Å². The van der Waals surface area contributed by atoms with Crippen LogP contribution in [0.3, 0.4) is 0 Å². The van der Waals surface area contributed by atoms with Crippen LogP contribution in [0.15, 0.2) is 18.2 Å². The lowest BCUT2D eigenvalue weighted by molar-refractivity contribution is 0.252. The molecular formula is C17H27NO3. The van der Waals surface area contributed by atoms with Gasteiger partial charge in [0.05, 0.1) is 14.2 Å².